The first-order chi connectivity index (χ1) is 8.18. The molecule has 17 heavy (non-hydrogen) atoms. The second-order valence-electron chi connectivity index (χ2n) is 4.79. The summed E-state index contributed by atoms with van der Waals surface area (Å²) in [6.07, 6.45) is 13.4. The summed E-state index contributed by atoms with van der Waals surface area (Å²) in [6.45, 7) is 3.83. The number of ketones is 1. The third-order valence-electron chi connectivity index (χ3n) is 3.56. The summed E-state index contributed by atoms with van der Waals surface area (Å²) < 4.78 is 0. The molecule has 0 N–H and O–H groups in total. The van der Waals surface area contributed by atoms with Crippen molar-refractivity contribution in [3.63, 3.8) is 0 Å². The molecule has 0 bridgehead atoms. The number of carbonyl (C=O) groups is 1. The summed E-state index contributed by atoms with van der Waals surface area (Å²) in [4.78, 5) is 15.9. The Morgan fingerprint density at radius 2 is 2.29 bits per heavy atom. The number of dihydropyridines is 1. The van der Waals surface area contributed by atoms with Crippen LogP contribution in [0.25, 0.3) is 0 Å². The fraction of sp³-hybridized carbons (Fsp3) is 0.467. The molecule has 0 amide bonds. The molecule has 2 aliphatic rings. The molecule has 0 radical (unpaired) electrons. The summed E-state index contributed by atoms with van der Waals surface area (Å²) >= 11 is 0. The van der Waals surface area contributed by atoms with Gasteiger partial charge in [-0.25, -0.2) is 0 Å². The number of Topliss-reactive ketones (excluding diaryl/α,β-unsaturated/α-hetero) is 1. The van der Waals surface area contributed by atoms with E-state index in [-0.39, 0.29) is 11.8 Å². The number of hydrogen-bond acceptors (Lipinski definition) is 2. The first kappa shape index (κ1) is 12.0. The SMILES string of the molecule is CC(=O)C1=CC=NC(C(C)C2=CCCC=C2)C1. The molecule has 2 rings (SSSR count). The van der Waals surface area contributed by atoms with Crippen LogP contribution in [0.15, 0.2) is 40.4 Å². The van der Waals surface area contributed by atoms with E-state index in [1.807, 2.05) is 6.08 Å². The van der Waals surface area contributed by atoms with Crippen molar-refractivity contribution in [1.82, 2.24) is 0 Å². The molecule has 2 unspecified atom stereocenters. The van der Waals surface area contributed by atoms with Gasteiger partial charge in [-0.1, -0.05) is 25.2 Å². The third-order valence-corrected chi connectivity index (χ3v) is 3.56. The highest BCUT2D eigenvalue weighted by molar-refractivity contribution is 5.98. The highest BCUT2D eigenvalue weighted by Gasteiger charge is 2.23. The van der Waals surface area contributed by atoms with Crippen molar-refractivity contribution in [3.05, 3.63) is 35.5 Å². The Hall–Kier alpha value is -1.44. The number of rotatable bonds is 3. The van der Waals surface area contributed by atoms with Gasteiger partial charge in [-0.05, 0) is 43.4 Å². The molecular formula is C15H19NO. The minimum Gasteiger partial charge on any atom is -0.295 e. The van der Waals surface area contributed by atoms with Crippen LogP contribution in [0.1, 0.15) is 33.1 Å². The molecule has 1 aliphatic heterocycles. The van der Waals surface area contributed by atoms with Gasteiger partial charge in [-0.2, -0.15) is 0 Å². The second kappa shape index (κ2) is 5.26. The van der Waals surface area contributed by atoms with Crippen LogP contribution in [0.5, 0.6) is 0 Å². The highest BCUT2D eigenvalue weighted by atomic mass is 16.1. The van der Waals surface area contributed by atoms with Gasteiger partial charge in [-0.3, -0.25) is 9.79 Å². The lowest BCUT2D eigenvalue weighted by atomic mass is 9.85. The lowest BCUT2D eigenvalue weighted by Gasteiger charge is -2.25. The zero-order valence-electron chi connectivity index (χ0n) is 10.5. The molecule has 1 heterocycles. The summed E-state index contributed by atoms with van der Waals surface area (Å²) in [5.74, 6) is 0.562. The minimum absolute atomic E-state index is 0.168. The van der Waals surface area contributed by atoms with E-state index in [0.29, 0.717) is 5.92 Å². The van der Waals surface area contributed by atoms with Crippen molar-refractivity contribution in [2.45, 2.75) is 39.2 Å². The van der Waals surface area contributed by atoms with Crippen molar-refractivity contribution in [3.8, 4) is 0 Å². The van der Waals surface area contributed by atoms with Gasteiger partial charge in [0.2, 0.25) is 0 Å². The van der Waals surface area contributed by atoms with Crippen LogP contribution in [0, 0.1) is 5.92 Å². The van der Waals surface area contributed by atoms with E-state index in [1.165, 1.54) is 5.57 Å². The molecule has 0 aromatic carbocycles. The molecule has 2 heteroatoms. The van der Waals surface area contributed by atoms with Crippen LogP contribution in [-0.2, 0) is 4.79 Å². The molecule has 0 saturated heterocycles. The Kier molecular flexibility index (Phi) is 3.72. The van der Waals surface area contributed by atoms with E-state index in [2.05, 4.69) is 30.1 Å². The quantitative estimate of drug-likeness (QED) is 0.730. The fourth-order valence-corrected chi connectivity index (χ4v) is 2.35. The summed E-state index contributed by atoms with van der Waals surface area (Å²) in [6, 6.07) is 0.216. The third kappa shape index (κ3) is 2.82. The Labute approximate surface area is 103 Å². The lowest BCUT2D eigenvalue weighted by Crippen LogP contribution is -2.22. The van der Waals surface area contributed by atoms with Gasteiger partial charge in [0.1, 0.15) is 0 Å². The summed E-state index contributed by atoms with van der Waals surface area (Å²) in [7, 11) is 0. The average molecular weight is 229 g/mol. The smallest absolute Gasteiger partial charge is 0.155 e. The van der Waals surface area contributed by atoms with Crippen LogP contribution >= 0.6 is 0 Å². The van der Waals surface area contributed by atoms with Gasteiger partial charge < -0.3 is 0 Å². The normalized spacial score (nSPS) is 25.2. The molecule has 2 nitrogen and oxygen atoms in total. The van der Waals surface area contributed by atoms with E-state index in [0.717, 1.165) is 24.8 Å². The van der Waals surface area contributed by atoms with Gasteiger partial charge in [-0.15, -0.1) is 0 Å². The molecular weight excluding hydrogens is 210 g/mol. The van der Waals surface area contributed by atoms with Gasteiger partial charge in [0.15, 0.2) is 5.78 Å². The van der Waals surface area contributed by atoms with Crippen LogP contribution in [0.4, 0.5) is 0 Å². The van der Waals surface area contributed by atoms with Crippen LogP contribution in [-0.4, -0.2) is 18.0 Å². The van der Waals surface area contributed by atoms with E-state index in [4.69, 9.17) is 0 Å². The van der Waals surface area contributed by atoms with E-state index < -0.39 is 0 Å². The summed E-state index contributed by atoms with van der Waals surface area (Å²) in [5.41, 5.74) is 2.26. The van der Waals surface area contributed by atoms with Crippen LogP contribution < -0.4 is 0 Å². The molecule has 1 aliphatic carbocycles. The van der Waals surface area contributed by atoms with Crippen LogP contribution in [0.2, 0.25) is 0 Å². The van der Waals surface area contributed by atoms with Gasteiger partial charge >= 0.3 is 0 Å². The van der Waals surface area contributed by atoms with Gasteiger partial charge in [0.05, 0.1) is 6.04 Å². The summed E-state index contributed by atoms with van der Waals surface area (Å²) in [5, 5.41) is 0. The first-order valence-corrected chi connectivity index (χ1v) is 6.28. The Morgan fingerprint density at radius 3 is 2.94 bits per heavy atom. The zero-order chi connectivity index (χ0) is 12.3. The van der Waals surface area contributed by atoms with E-state index in [1.54, 1.807) is 13.1 Å². The number of allylic oxidation sites excluding steroid dienone is 4. The zero-order valence-corrected chi connectivity index (χ0v) is 10.5. The number of aliphatic imine (C=N–C) groups is 1. The maximum absolute atomic E-state index is 11.4. The molecule has 90 valence electrons. The fourth-order valence-electron chi connectivity index (χ4n) is 2.35. The second-order valence-corrected chi connectivity index (χ2v) is 4.79. The van der Waals surface area contributed by atoms with Crippen molar-refractivity contribution >= 4 is 12.0 Å². The van der Waals surface area contributed by atoms with E-state index in [9.17, 15) is 4.79 Å². The molecule has 2 atom stereocenters. The number of hydrogen-bond donors (Lipinski definition) is 0. The van der Waals surface area contributed by atoms with Gasteiger partial charge in [0, 0.05) is 12.1 Å². The number of carbonyl (C=O) groups excluding carboxylic acids is 1. The number of nitrogens with zero attached hydrogens (tertiary/aromatic N) is 1. The predicted molar refractivity (Wildman–Crippen MR) is 71.3 cm³/mol. The van der Waals surface area contributed by atoms with Crippen molar-refractivity contribution < 1.29 is 4.79 Å². The molecule has 0 aromatic heterocycles. The minimum atomic E-state index is 0.168. The predicted octanol–water partition coefficient (Wildman–Crippen LogP) is 3.26. The molecule has 0 fully saturated rings. The standard InChI is InChI=1S/C15H19NO/c1-11(13-6-4-3-5-7-13)15-10-14(12(2)17)8-9-16-15/h4,6-9,11,15H,3,5,10H2,1-2H3. The highest BCUT2D eigenvalue weighted by Crippen LogP contribution is 2.28. The topological polar surface area (TPSA) is 29.4 Å². The van der Waals surface area contributed by atoms with Crippen LogP contribution in [0.3, 0.4) is 0 Å². The van der Waals surface area contributed by atoms with Crippen molar-refractivity contribution in [1.29, 1.82) is 0 Å². The monoisotopic (exact) mass is 229 g/mol. The Balaban J connectivity index is 2.07. The molecule has 0 spiro atoms. The Bertz CT molecular complexity index is 426. The molecule has 0 saturated carbocycles. The van der Waals surface area contributed by atoms with Crippen molar-refractivity contribution in [2.24, 2.45) is 10.9 Å². The Morgan fingerprint density at radius 1 is 1.47 bits per heavy atom. The maximum atomic E-state index is 11.4. The lowest BCUT2D eigenvalue weighted by molar-refractivity contribution is -0.113. The van der Waals surface area contributed by atoms with E-state index >= 15 is 0 Å². The maximum Gasteiger partial charge on any atom is 0.155 e. The largest absolute Gasteiger partial charge is 0.295 e. The molecule has 0 aromatic rings. The first-order valence-electron chi connectivity index (χ1n) is 6.28. The van der Waals surface area contributed by atoms with Gasteiger partial charge in [0.25, 0.3) is 0 Å². The average Bonchev–Trinajstić information content (AvgIpc) is 2.39. The van der Waals surface area contributed by atoms with Crippen molar-refractivity contribution in [2.75, 3.05) is 0 Å².